The zero-order valence-electron chi connectivity index (χ0n) is 15.6. The minimum atomic E-state index is -1.74. The molecule has 8 nitrogen and oxygen atoms in total. The van der Waals surface area contributed by atoms with Crippen molar-refractivity contribution in [1.82, 2.24) is 10.3 Å². The topological polar surface area (TPSA) is 128 Å². The first-order valence-electron chi connectivity index (χ1n) is 8.04. The second kappa shape index (κ2) is 7.46. The predicted octanol–water partition coefficient (Wildman–Crippen LogP) is -3.87. The van der Waals surface area contributed by atoms with Crippen LogP contribution in [-0.4, -0.2) is 45.6 Å². The Balaban J connectivity index is 0.00000261. The molecule has 3 rings (SSSR count). The van der Waals surface area contributed by atoms with Crippen LogP contribution in [0.2, 0.25) is 0 Å². The van der Waals surface area contributed by atoms with Crippen LogP contribution in [0.25, 0.3) is 0 Å². The number of amides is 2. The number of primary amides is 1. The molecule has 0 unspecified atom stereocenters. The van der Waals surface area contributed by atoms with Gasteiger partial charge in [0.05, 0.1) is 17.8 Å². The molecule has 138 valence electrons. The van der Waals surface area contributed by atoms with Gasteiger partial charge in [-0.3, -0.25) is 9.59 Å². The molecule has 2 saturated heterocycles. The molecule has 2 fully saturated rings. The van der Waals surface area contributed by atoms with E-state index in [2.05, 4.69) is 10.5 Å². The Morgan fingerprint density at radius 3 is 2.52 bits per heavy atom. The largest absolute Gasteiger partial charge is 1.00 e. The number of carboxylic acid groups (broad SMARTS) is 1. The van der Waals surface area contributed by atoms with Crippen LogP contribution < -0.4 is 45.8 Å². The van der Waals surface area contributed by atoms with E-state index in [-0.39, 0.29) is 64.1 Å². The van der Waals surface area contributed by atoms with E-state index in [1.165, 1.54) is 23.7 Å². The Morgan fingerprint density at radius 2 is 2.00 bits per heavy atom. The fourth-order valence-corrected chi connectivity index (χ4v) is 5.62. The monoisotopic (exact) mass is 398 g/mol. The second-order valence-corrected chi connectivity index (χ2v) is 8.44. The molecule has 2 heterocycles. The average molecular weight is 398 g/mol. The van der Waals surface area contributed by atoms with Gasteiger partial charge in [0, 0.05) is 17.4 Å². The number of hydrogen-bond acceptors (Lipinski definition) is 7. The maximum atomic E-state index is 12.5. The first-order valence-corrected chi connectivity index (χ1v) is 8.92. The molecule has 2 atom stereocenters. The number of fused-ring (bicyclic) bond motifs is 1. The molecule has 2 aliphatic rings. The van der Waals surface area contributed by atoms with Gasteiger partial charge in [-0.1, -0.05) is 24.3 Å². The summed E-state index contributed by atoms with van der Waals surface area (Å²) in [5, 5.41) is 16.2. The number of carbonyl (C=O) groups excluding carboxylic acids is 3. The fourth-order valence-electron chi connectivity index (χ4n) is 3.87. The van der Waals surface area contributed by atoms with Crippen molar-refractivity contribution in [2.75, 3.05) is 7.05 Å². The quantitative estimate of drug-likeness (QED) is 0.226. The third-order valence-electron chi connectivity index (χ3n) is 4.89. The molecule has 0 aromatic heterocycles. The van der Waals surface area contributed by atoms with Crippen molar-refractivity contribution in [3.63, 3.8) is 0 Å². The Labute approximate surface area is 183 Å². The van der Waals surface area contributed by atoms with Gasteiger partial charge in [0.2, 0.25) is 5.91 Å². The van der Waals surface area contributed by atoms with Gasteiger partial charge in [-0.2, -0.15) is 5.10 Å². The van der Waals surface area contributed by atoms with Crippen LogP contribution in [0.3, 0.4) is 0 Å². The van der Waals surface area contributed by atoms with Crippen molar-refractivity contribution in [3.8, 4) is 0 Å². The molecule has 0 saturated carbocycles. The van der Waals surface area contributed by atoms with E-state index in [0.29, 0.717) is 0 Å². The first-order chi connectivity index (χ1) is 12.2. The smallest absolute Gasteiger partial charge is 0.547 e. The molecule has 1 aromatic rings. The number of hydrogen-bond donors (Lipinski definition) is 2. The van der Waals surface area contributed by atoms with Gasteiger partial charge in [-0.15, -0.1) is 11.8 Å². The second-order valence-electron chi connectivity index (χ2n) is 6.64. The van der Waals surface area contributed by atoms with Crippen LogP contribution in [0.1, 0.15) is 31.4 Å². The number of benzene rings is 1. The number of nitrogens with two attached hydrogens (primary N) is 1. The van der Waals surface area contributed by atoms with E-state index < -0.39 is 22.2 Å². The van der Waals surface area contributed by atoms with Crippen molar-refractivity contribution in [2.45, 2.75) is 35.9 Å². The number of hydrazone groups is 1. The summed E-state index contributed by atoms with van der Waals surface area (Å²) in [6.45, 7) is 3.52. The molecule has 27 heavy (non-hydrogen) atoms. The number of β-lactam (4-membered cyclic amide) rings is 1. The van der Waals surface area contributed by atoms with Crippen molar-refractivity contribution in [1.29, 1.82) is 0 Å². The Morgan fingerprint density at radius 1 is 1.37 bits per heavy atom. The number of thioether (sulfide) groups is 1. The molecule has 3 N–H and O–H groups in total. The summed E-state index contributed by atoms with van der Waals surface area (Å²) in [6, 6.07) is 6.45. The van der Waals surface area contributed by atoms with E-state index in [9.17, 15) is 19.5 Å². The van der Waals surface area contributed by atoms with Crippen LogP contribution in [0.5, 0.6) is 0 Å². The standard InChI is InChI=1S/C17H20N4O4S.Na/c1-16(2)17(15(24)25,21-11(22)8-12(21)26-16)10-7-5-4-6-9(10)13(14(18)23)20-19-3;/h4-7,12,19H,8H2,1-3H3,(H2,18,23)(H,24,25);/q;+1/p-1/t12-,17-;/m1./s1. The summed E-state index contributed by atoms with van der Waals surface area (Å²) in [7, 11) is 1.50. The SMILES string of the molecule is CNN=C(C(N)=O)c1ccccc1[C@]1(C(=O)[O-])N2C(=O)C[C@H]2SC1(C)C.[Na+]. The zero-order chi connectivity index (χ0) is 19.3. The molecule has 1 aromatic carbocycles. The summed E-state index contributed by atoms with van der Waals surface area (Å²) in [5.74, 6) is -2.47. The minimum absolute atomic E-state index is 0. The normalized spacial score (nSPS) is 25.9. The van der Waals surface area contributed by atoms with Crippen molar-refractivity contribution in [3.05, 3.63) is 35.4 Å². The van der Waals surface area contributed by atoms with Crippen molar-refractivity contribution in [2.24, 2.45) is 10.8 Å². The van der Waals surface area contributed by atoms with Gasteiger partial charge in [-0.25, -0.2) is 0 Å². The maximum Gasteiger partial charge on any atom is 1.00 e. The van der Waals surface area contributed by atoms with E-state index in [1.807, 2.05) is 0 Å². The number of carboxylic acids is 1. The van der Waals surface area contributed by atoms with Crippen molar-refractivity contribution >= 4 is 35.3 Å². The molecule has 2 aliphatic heterocycles. The van der Waals surface area contributed by atoms with Crippen LogP contribution in [-0.2, 0) is 19.9 Å². The molecule has 10 heteroatoms. The number of rotatable bonds is 5. The van der Waals surface area contributed by atoms with Gasteiger partial charge >= 0.3 is 29.6 Å². The van der Waals surface area contributed by atoms with Gasteiger partial charge in [0.25, 0.3) is 5.91 Å². The molecule has 0 aliphatic carbocycles. The number of nitrogens with zero attached hydrogens (tertiary/aromatic N) is 2. The average Bonchev–Trinajstić information content (AvgIpc) is 2.75. The number of carbonyl (C=O) groups is 3. The fraction of sp³-hybridized carbons (Fsp3) is 0.412. The van der Waals surface area contributed by atoms with Crippen LogP contribution in [0.4, 0.5) is 0 Å². The molecule has 2 amide bonds. The zero-order valence-corrected chi connectivity index (χ0v) is 18.4. The molecule has 0 radical (unpaired) electrons. The van der Waals surface area contributed by atoms with Crippen molar-refractivity contribution < 1.29 is 49.0 Å². The third kappa shape index (κ3) is 2.97. The predicted molar refractivity (Wildman–Crippen MR) is 94.8 cm³/mol. The summed E-state index contributed by atoms with van der Waals surface area (Å²) in [6.07, 6.45) is 0.276. The van der Waals surface area contributed by atoms with E-state index in [0.717, 1.165) is 0 Å². The molecule has 0 bridgehead atoms. The van der Waals surface area contributed by atoms with Gasteiger partial charge in [-0.05, 0) is 19.4 Å². The third-order valence-corrected chi connectivity index (χ3v) is 6.43. The number of aliphatic carboxylic acids is 1. The van der Waals surface area contributed by atoms with E-state index in [1.54, 1.807) is 38.1 Å². The summed E-state index contributed by atoms with van der Waals surface area (Å²) >= 11 is 1.41. The summed E-state index contributed by atoms with van der Waals surface area (Å²) in [5.41, 5.74) is 6.64. The summed E-state index contributed by atoms with van der Waals surface area (Å²) in [4.78, 5) is 38.1. The molecular formula is C17H19N4NaO4S. The van der Waals surface area contributed by atoms with Gasteiger partial charge in [0.15, 0.2) is 5.71 Å². The van der Waals surface area contributed by atoms with Crippen LogP contribution in [0, 0.1) is 0 Å². The minimum Gasteiger partial charge on any atom is -0.547 e. The molecule has 0 spiro atoms. The van der Waals surface area contributed by atoms with E-state index >= 15 is 0 Å². The maximum absolute atomic E-state index is 12.5. The van der Waals surface area contributed by atoms with Gasteiger partial charge < -0.3 is 26.0 Å². The Hall–Kier alpha value is -1.55. The Kier molecular flexibility index (Phi) is 6.01. The van der Waals surface area contributed by atoms with Gasteiger partial charge in [0.1, 0.15) is 5.54 Å². The van der Waals surface area contributed by atoms with Crippen LogP contribution in [0.15, 0.2) is 29.4 Å². The Bertz CT molecular complexity index is 844. The first kappa shape index (κ1) is 21.7. The molecular weight excluding hydrogens is 379 g/mol. The summed E-state index contributed by atoms with van der Waals surface area (Å²) < 4.78 is -0.888. The number of nitrogens with one attached hydrogen (secondary N) is 1. The van der Waals surface area contributed by atoms with E-state index in [4.69, 9.17) is 5.73 Å². The van der Waals surface area contributed by atoms with Crippen LogP contribution >= 0.6 is 11.8 Å².